The number of benzene rings is 2. The summed E-state index contributed by atoms with van der Waals surface area (Å²) in [6.45, 7) is 3.47. The molecule has 3 rings (SSSR count). The lowest BCUT2D eigenvalue weighted by molar-refractivity contribution is -0.114. The third-order valence-electron chi connectivity index (χ3n) is 3.87. The lowest BCUT2D eigenvalue weighted by Crippen LogP contribution is -2.40. The van der Waals surface area contributed by atoms with E-state index in [2.05, 4.69) is 5.32 Å². The van der Waals surface area contributed by atoms with Crippen LogP contribution >= 0.6 is 0 Å². The Morgan fingerprint density at radius 3 is 2.57 bits per heavy atom. The van der Waals surface area contributed by atoms with Crippen LogP contribution in [0.1, 0.15) is 17.3 Å². The van der Waals surface area contributed by atoms with Crippen LogP contribution in [-0.4, -0.2) is 48.1 Å². The van der Waals surface area contributed by atoms with Gasteiger partial charge in [-0.2, -0.15) is 0 Å². The van der Waals surface area contributed by atoms with E-state index in [0.29, 0.717) is 42.8 Å². The normalized spacial score (nSPS) is 14.7. The van der Waals surface area contributed by atoms with Gasteiger partial charge in [-0.1, -0.05) is 18.2 Å². The molecule has 1 aliphatic rings. The van der Waals surface area contributed by atoms with Crippen molar-refractivity contribution in [2.45, 2.75) is 6.92 Å². The largest absolute Gasteiger partial charge is 0.506 e. The van der Waals surface area contributed by atoms with Crippen molar-refractivity contribution >= 4 is 28.3 Å². The number of phenols is 1. The summed E-state index contributed by atoms with van der Waals surface area (Å²) in [7, 11) is 0. The van der Waals surface area contributed by atoms with Crippen molar-refractivity contribution in [1.29, 1.82) is 0 Å². The van der Waals surface area contributed by atoms with Crippen LogP contribution in [0.15, 0.2) is 30.3 Å². The number of rotatable bonds is 2. The van der Waals surface area contributed by atoms with Gasteiger partial charge in [0.2, 0.25) is 5.91 Å². The number of carbonyl (C=O) groups excluding carboxylic acids is 2. The number of hydrogen-bond donors (Lipinski definition) is 2. The molecule has 23 heavy (non-hydrogen) atoms. The molecular weight excluding hydrogens is 296 g/mol. The number of ether oxygens (including phenoxy) is 1. The molecule has 6 nitrogen and oxygen atoms in total. The number of amides is 2. The highest BCUT2D eigenvalue weighted by Crippen LogP contribution is 2.33. The molecule has 120 valence electrons. The maximum absolute atomic E-state index is 12.6. The van der Waals surface area contributed by atoms with E-state index in [1.165, 1.54) is 6.92 Å². The smallest absolute Gasteiger partial charge is 0.257 e. The summed E-state index contributed by atoms with van der Waals surface area (Å²) >= 11 is 0. The van der Waals surface area contributed by atoms with E-state index < -0.39 is 0 Å². The number of hydrogen-bond acceptors (Lipinski definition) is 4. The van der Waals surface area contributed by atoms with Crippen molar-refractivity contribution in [3.63, 3.8) is 0 Å². The summed E-state index contributed by atoms with van der Waals surface area (Å²) in [6, 6.07) is 8.56. The van der Waals surface area contributed by atoms with Gasteiger partial charge in [-0.25, -0.2) is 0 Å². The number of aromatic hydroxyl groups is 1. The third-order valence-corrected chi connectivity index (χ3v) is 3.87. The second-order valence-corrected chi connectivity index (χ2v) is 5.45. The molecule has 1 fully saturated rings. The van der Waals surface area contributed by atoms with Crippen molar-refractivity contribution in [2.24, 2.45) is 0 Å². The molecule has 0 unspecified atom stereocenters. The van der Waals surface area contributed by atoms with E-state index in [9.17, 15) is 14.7 Å². The molecule has 0 radical (unpaired) electrons. The first kappa shape index (κ1) is 15.3. The molecule has 0 spiro atoms. The first-order valence-electron chi connectivity index (χ1n) is 7.47. The molecule has 2 amide bonds. The highest BCUT2D eigenvalue weighted by Gasteiger charge is 2.22. The Bertz CT molecular complexity index is 767. The third kappa shape index (κ3) is 2.98. The van der Waals surface area contributed by atoms with Gasteiger partial charge in [-0.3, -0.25) is 9.59 Å². The average Bonchev–Trinajstić information content (AvgIpc) is 2.55. The number of phenolic OH excluding ortho intramolecular Hbond substituents is 1. The summed E-state index contributed by atoms with van der Waals surface area (Å²) in [5.74, 6) is -0.464. The van der Waals surface area contributed by atoms with Crippen molar-refractivity contribution < 1.29 is 19.4 Å². The van der Waals surface area contributed by atoms with Gasteiger partial charge in [0.1, 0.15) is 5.75 Å². The van der Waals surface area contributed by atoms with Crippen LogP contribution in [-0.2, 0) is 9.53 Å². The number of nitrogens with one attached hydrogen (secondary N) is 1. The fourth-order valence-corrected chi connectivity index (χ4v) is 2.75. The molecular formula is C17H18N2O4. The van der Waals surface area contributed by atoms with Crippen LogP contribution in [0.2, 0.25) is 0 Å². The molecule has 2 aromatic carbocycles. The second-order valence-electron chi connectivity index (χ2n) is 5.45. The summed E-state index contributed by atoms with van der Waals surface area (Å²) in [4.78, 5) is 25.5. The molecule has 0 atom stereocenters. The molecule has 1 aliphatic heterocycles. The topological polar surface area (TPSA) is 78.9 Å². The lowest BCUT2D eigenvalue weighted by atomic mass is 10.0. The second kappa shape index (κ2) is 6.26. The van der Waals surface area contributed by atoms with Gasteiger partial charge in [0.05, 0.1) is 18.8 Å². The molecule has 2 N–H and O–H groups in total. The number of fused-ring (bicyclic) bond motifs is 1. The molecule has 6 heteroatoms. The zero-order chi connectivity index (χ0) is 16.4. The Morgan fingerprint density at radius 1 is 1.13 bits per heavy atom. The summed E-state index contributed by atoms with van der Waals surface area (Å²) in [5, 5.41) is 14.5. The Hall–Kier alpha value is -2.60. The fourth-order valence-electron chi connectivity index (χ4n) is 2.75. The van der Waals surface area contributed by atoms with E-state index in [0.717, 1.165) is 0 Å². The van der Waals surface area contributed by atoms with Crippen molar-refractivity contribution in [3.05, 3.63) is 35.9 Å². The molecule has 0 aliphatic carbocycles. The van der Waals surface area contributed by atoms with Gasteiger partial charge in [0, 0.05) is 36.5 Å². The van der Waals surface area contributed by atoms with Gasteiger partial charge in [-0.05, 0) is 12.1 Å². The van der Waals surface area contributed by atoms with Crippen LogP contribution in [0.3, 0.4) is 0 Å². The SMILES string of the molecule is CC(=O)Nc1cccc2c(O)c(C(=O)N3CCOCC3)ccc12. The van der Waals surface area contributed by atoms with Crippen LogP contribution in [0.25, 0.3) is 10.8 Å². The Kier molecular flexibility index (Phi) is 4.16. The van der Waals surface area contributed by atoms with Gasteiger partial charge < -0.3 is 20.1 Å². The fraction of sp³-hybridized carbons (Fsp3) is 0.294. The Morgan fingerprint density at radius 2 is 1.87 bits per heavy atom. The van der Waals surface area contributed by atoms with Gasteiger partial charge in [0.25, 0.3) is 5.91 Å². The zero-order valence-corrected chi connectivity index (χ0v) is 12.8. The number of morpholine rings is 1. The molecule has 1 saturated heterocycles. The van der Waals surface area contributed by atoms with Crippen LogP contribution < -0.4 is 5.32 Å². The first-order chi connectivity index (χ1) is 11.1. The minimum Gasteiger partial charge on any atom is -0.506 e. The molecule has 1 heterocycles. The van der Waals surface area contributed by atoms with Gasteiger partial charge in [0.15, 0.2) is 0 Å². The van der Waals surface area contributed by atoms with Gasteiger partial charge >= 0.3 is 0 Å². The van der Waals surface area contributed by atoms with Crippen molar-refractivity contribution in [2.75, 3.05) is 31.6 Å². The van der Waals surface area contributed by atoms with Crippen LogP contribution in [0.5, 0.6) is 5.75 Å². The summed E-state index contributed by atoms with van der Waals surface area (Å²) in [5.41, 5.74) is 0.870. The van der Waals surface area contributed by atoms with Crippen LogP contribution in [0, 0.1) is 0 Å². The average molecular weight is 314 g/mol. The molecule has 2 aromatic rings. The Balaban J connectivity index is 2.01. The monoisotopic (exact) mass is 314 g/mol. The Labute approximate surface area is 133 Å². The minimum atomic E-state index is -0.211. The maximum Gasteiger partial charge on any atom is 0.257 e. The maximum atomic E-state index is 12.6. The number of anilines is 1. The van der Waals surface area contributed by atoms with Crippen LogP contribution in [0.4, 0.5) is 5.69 Å². The molecule has 0 bridgehead atoms. The van der Waals surface area contributed by atoms with E-state index >= 15 is 0 Å². The minimum absolute atomic E-state index is 0.0637. The van der Waals surface area contributed by atoms with Crippen molar-refractivity contribution in [3.8, 4) is 5.75 Å². The van der Waals surface area contributed by atoms with E-state index in [1.54, 1.807) is 35.2 Å². The predicted octanol–water partition coefficient (Wildman–Crippen LogP) is 1.98. The predicted molar refractivity (Wildman–Crippen MR) is 86.6 cm³/mol. The summed E-state index contributed by atoms with van der Waals surface area (Å²) in [6.07, 6.45) is 0. The molecule has 0 saturated carbocycles. The highest BCUT2D eigenvalue weighted by molar-refractivity contribution is 6.08. The standard InChI is InChI=1S/C17H18N2O4/c1-11(20)18-15-4-2-3-13-12(15)5-6-14(16(13)21)17(22)19-7-9-23-10-8-19/h2-6,21H,7-10H2,1H3,(H,18,20). The lowest BCUT2D eigenvalue weighted by Gasteiger charge is -2.27. The van der Waals surface area contributed by atoms with E-state index in [4.69, 9.17) is 4.74 Å². The van der Waals surface area contributed by atoms with E-state index in [1.807, 2.05) is 0 Å². The van der Waals surface area contributed by atoms with Crippen molar-refractivity contribution in [1.82, 2.24) is 4.90 Å². The summed E-state index contributed by atoms with van der Waals surface area (Å²) < 4.78 is 5.24. The highest BCUT2D eigenvalue weighted by atomic mass is 16.5. The number of nitrogens with zero attached hydrogens (tertiary/aromatic N) is 1. The quantitative estimate of drug-likeness (QED) is 0.888. The number of carbonyl (C=O) groups is 2. The zero-order valence-electron chi connectivity index (χ0n) is 12.8. The van der Waals surface area contributed by atoms with Gasteiger partial charge in [-0.15, -0.1) is 0 Å². The van der Waals surface area contributed by atoms with E-state index in [-0.39, 0.29) is 23.1 Å². The molecule has 0 aromatic heterocycles. The first-order valence-corrected chi connectivity index (χ1v) is 7.47.